The number of nitrogens with one attached hydrogen (secondary N) is 1. The lowest BCUT2D eigenvalue weighted by Gasteiger charge is -2.34. The van der Waals surface area contributed by atoms with Crippen LogP contribution in [0.2, 0.25) is 10.0 Å². The number of benzene rings is 2. The van der Waals surface area contributed by atoms with Gasteiger partial charge in [0, 0.05) is 36.4 Å². The van der Waals surface area contributed by atoms with E-state index in [0.29, 0.717) is 37.2 Å². The van der Waals surface area contributed by atoms with E-state index < -0.39 is 17.3 Å². The van der Waals surface area contributed by atoms with E-state index in [1.807, 2.05) is 6.07 Å². The number of carbonyl (C=O) groups is 3. The van der Waals surface area contributed by atoms with Gasteiger partial charge in [0.2, 0.25) is 11.8 Å². The minimum Gasteiger partial charge on any atom is -0.374 e. The van der Waals surface area contributed by atoms with Gasteiger partial charge in [-0.15, -0.1) is 0 Å². The zero-order chi connectivity index (χ0) is 24.6. The van der Waals surface area contributed by atoms with Gasteiger partial charge in [-0.3, -0.25) is 14.4 Å². The minimum atomic E-state index is -1.09. The number of amides is 3. The molecule has 0 bridgehead atoms. The maximum Gasteiger partial charge on any atom is 0.254 e. The summed E-state index contributed by atoms with van der Waals surface area (Å²) in [6.45, 7) is 4.23. The normalized spacial score (nSPS) is 19.7. The smallest absolute Gasteiger partial charge is 0.254 e. The monoisotopic (exact) mass is 504 g/mol. The van der Waals surface area contributed by atoms with Crippen LogP contribution >= 0.6 is 23.2 Å². The lowest BCUT2D eigenvalue weighted by Crippen LogP contribution is -2.43. The molecule has 2 aromatic carbocycles. The van der Waals surface area contributed by atoms with Crippen LogP contribution in [0.5, 0.6) is 0 Å². The molecule has 1 fully saturated rings. The summed E-state index contributed by atoms with van der Waals surface area (Å²) in [7, 11) is 0. The number of fused-ring (bicyclic) bond motifs is 1. The van der Waals surface area contributed by atoms with Crippen molar-refractivity contribution in [2.24, 2.45) is 5.73 Å². The fourth-order valence-electron chi connectivity index (χ4n) is 4.68. The molecule has 2 heterocycles. The molecule has 178 valence electrons. The Labute approximate surface area is 206 Å². The summed E-state index contributed by atoms with van der Waals surface area (Å²) in [5, 5.41) is 3.59. The molecule has 1 saturated heterocycles. The highest BCUT2D eigenvalue weighted by Crippen LogP contribution is 2.43. The van der Waals surface area contributed by atoms with Crippen molar-refractivity contribution in [1.29, 1.82) is 0 Å². The molecule has 7 nitrogen and oxygen atoms in total. The van der Waals surface area contributed by atoms with Crippen LogP contribution in [0.15, 0.2) is 43.0 Å². The van der Waals surface area contributed by atoms with Crippen molar-refractivity contribution in [3.8, 4) is 0 Å². The summed E-state index contributed by atoms with van der Waals surface area (Å²) in [4.78, 5) is 39.6. The van der Waals surface area contributed by atoms with Gasteiger partial charge in [-0.2, -0.15) is 0 Å². The molecule has 3 N–H and O–H groups in total. The molecule has 2 aliphatic heterocycles. The zero-order valence-corrected chi connectivity index (χ0v) is 19.8. The molecule has 0 saturated carbocycles. The van der Waals surface area contributed by atoms with Gasteiger partial charge in [0.15, 0.2) is 0 Å². The number of anilines is 1. The molecule has 3 amide bonds. The van der Waals surface area contributed by atoms with Crippen LogP contribution in [0.3, 0.4) is 0 Å². The van der Waals surface area contributed by atoms with E-state index in [2.05, 4.69) is 11.9 Å². The molecule has 34 heavy (non-hydrogen) atoms. The van der Waals surface area contributed by atoms with E-state index in [9.17, 15) is 14.4 Å². The summed E-state index contributed by atoms with van der Waals surface area (Å²) >= 11 is 12.7. The topological polar surface area (TPSA) is 95.7 Å². The second-order valence-corrected chi connectivity index (χ2v) is 9.24. The van der Waals surface area contributed by atoms with E-state index in [-0.39, 0.29) is 40.5 Å². The summed E-state index contributed by atoms with van der Waals surface area (Å²) in [6, 6.07) is 7.90. The van der Waals surface area contributed by atoms with Gasteiger partial charge in [0.25, 0.3) is 5.91 Å². The first kappa shape index (κ1) is 24.0. The van der Waals surface area contributed by atoms with Crippen LogP contribution in [-0.4, -0.2) is 53.7 Å². The van der Waals surface area contributed by atoms with E-state index in [1.165, 1.54) is 23.1 Å². The van der Waals surface area contributed by atoms with Crippen molar-refractivity contribution < 1.29 is 18.8 Å². The third kappa shape index (κ3) is 4.35. The molecule has 0 radical (unpaired) electrons. The Bertz CT molecular complexity index is 1200. The van der Waals surface area contributed by atoms with E-state index in [4.69, 9.17) is 28.9 Å². The molecule has 0 aromatic heterocycles. The summed E-state index contributed by atoms with van der Waals surface area (Å²) in [5.41, 5.74) is 6.14. The van der Waals surface area contributed by atoms with Gasteiger partial charge < -0.3 is 20.9 Å². The van der Waals surface area contributed by atoms with Crippen molar-refractivity contribution in [3.05, 3.63) is 75.5 Å². The average Bonchev–Trinajstić information content (AvgIpc) is 3.22. The summed E-state index contributed by atoms with van der Waals surface area (Å²) in [6.07, 6.45) is 2.13. The molecule has 0 spiro atoms. The van der Waals surface area contributed by atoms with Crippen LogP contribution in [0, 0.1) is 5.82 Å². The lowest BCUT2D eigenvalue weighted by molar-refractivity contribution is -0.125. The number of nitrogens with two attached hydrogens (primary N) is 1. The number of primary amides is 1. The van der Waals surface area contributed by atoms with Crippen molar-refractivity contribution in [3.63, 3.8) is 0 Å². The van der Waals surface area contributed by atoms with E-state index >= 15 is 4.39 Å². The second kappa shape index (κ2) is 9.27. The predicted octanol–water partition coefficient (Wildman–Crippen LogP) is 3.34. The second-order valence-electron chi connectivity index (χ2n) is 8.45. The first-order chi connectivity index (χ1) is 16.1. The van der Waals surface area contributed by atoms with Crippen LogP contribution in [-0.2, 0) is 21.5 Å². The maximum atomic E-state index is 15.1. The van der Waals surface area contributed by atoms with Gasteiger partial charge >= 0.3 is 0 Å². The largest absolute Gasteiger partial charge is 0.374 e. The Kier molecular flexibility index (Phi) is 6.55. The predicted molar refractivity (Wildman–Crippen MR) is 128 cm³/mol. The highest BCUT2D eigenvalue weighted by molar-refractivity contribution is 6.42. The SMILES string of the molecule is C=CC(=O)N1CCC(Nc2ccc3c(c2)C(=O)N(CC(N)=O)CC3)(c2c(F)ccc(Cl)c2Cl)C1. The van der Waals surface area contributed by atoms with Crippen LogP contribution < -0.4 is 11.1 Å². The Balaban J connectivity index is 1.75. The van der Waals surface area contributed by atoms with Gasteiger partial charge in [0.05, 0.1) is 22.1 Å². The number of carbonyl (C=O) groups excluding carboxylic acids is 3. The molecule has 2 aromatic rings. The first-order valence-electron chi connectivity index (χ1n) is 10.7. The third-order valence-electron chi connectivity index (χ3n) is 6.29. The lowest BCUT2D eigenvalue weighted by atomic mass is 9.87. The Morgan fingerprint density at radius 3 is 2.71 bits per heavy atom. The molecule has 10 heteroatoms. The fourth-order valence-corrected chi connectivity index (χ4v) is 5.17. The molecule has 4 rings (SSSR count). The minimum absolute atomic E-state index is 0.0590. The molecule has 1 unspecified atom stereocenters. The third-order valence-corrected chi connectivity index (χ3v) is 7.09. The van der Waals surface area contributed by atoms with Crippen molar-refractivity contribution in [2.45, 2.75) is 18.4 Å². The Morgan fingerprint density at radius 2 is 2.00 bits per heavy atom. The quantitative estimate of drug-likeness (QED) is 0.465. The number of likely N-dealkylation sites (tertiary alicyclic amines) is 1. The first-order valence-corrected chi connectivity index (χ1v) is 11.4. The van der Waals surface area contributed by atoms with E-state index in [1.54, 1.807) is 17.0 Å². The standard InChI is InChI=1S/C24H23Cl2FN4O3/c1-2-20(33)31-10-8-24(13-31,21-18(27)6-5-17(25)22(21)26)29-15-4-3-14-7-9-30(12-19(28)32)23(34)16(14)11-15/h2-6,11,29H,1,7-10,12-13H2,(H2,28,32). The van der Waals surface area contributed by atoms with Gasteiger partial charge in [-0.25, -0.2) is 4.39 Å². The summed E-state index contributed by atoms with van der Waals surface area (Å²) in [5.74, 6) is -1.74. The number of hydrogen-bond donors (Lipinski definition) is 2. The Morgan fingerprint density at radius 1 is 1.24 bits per heavy atom. The fraction of sp³-hybridized carbons (Fsp3) is 0.292. The van der Waals surface area contributed by atoms with Crippen molar-refractivity contribution >= 4 is 46.6 Å². The molecule has 1 atom stereocenters. The van der Waals surface area contributed by atoms with Gasteiger partial charge in [-0.1, -0.05) is 35.8 Å². The molecular weight excluding hydrogens is 482 g/mol. The highest BCUT2D eigenvalue weighted by Gasteiger charge is 2.44. The van der Waals surface area contributed by atoms with Crippen LogP contribution in [0.1, 0.15) is 27.9 Å². The Hall–Kier alpha value is -3.10. The number of rotatable bonds is 6. The van der Waals surface area contributed by atoms with Crippen LogP contribution in [0.25, 0.3) is 0 Å². The van der Waals surface area contributed by atoms with Crippen molar-refractivity contribution in [2.75, 3.05) is 31.5 Å². The number of halogens is 3. The molecule has 0 aliphatic carbocycles. The van der Waals surface area contributed by atoms with Crippen LogP contribution in [0.4, 0.5) is 10.1 Å². The van der Waals surface area contributed by atoms with E-state index in [0.717, 1.165) is 5.56 Å². The number of hydrogen-bond acceptors (Lipinski definition) is 4. The van der Waals surface area contributed by atoms with Gasteiger partial charge in [-0.05, 0) is 48.7 Å². The highest BCUT2D eigenvalue weighted by atomic mass is 35.5. The van der Waals surface area contributed by atoms with Crippen molar-refractivity contribution in [1.82, 2.24) is 9.80 Å². The molecular formula is C24H23Cl2FN4O3. The average molecular weight is 505 g/mol. The summed E-state index contributed by atoms with van der Waals surface area (Å²) < 4.78 is 15.1. The zero-order valence-electron chi connectivity index (χ0n) is 18.2. The van der Waals surface area contributed by atoms with Gasteiger partial charge in [0.1, 0.15) is 5.82 Å². The molecule has 2 aliphatic rings. The maximum absolute atomic E-state index is 15.1. The number of nitrogens with zero attached hydrogens (tertiary/aromatic N) is 2.